The largest absolute Gasteiger partial charge is 0.573 e. The molecule has 2 N–H and O–H groups in total. The smallest absolute Gasteiger partial charge is 0.461 e. The van der Waals surface area contributed by atoms with Gasteiger partial charge >= 0.3 is 12.3 Å². The molecule has 19 heavy (non-hydrogen) atoms. The summed E-state index contributed by atoms with van der Waals surface area (Å²) in [4.78, 5) is 14.9. The number of hydrogen-bond donors (Lipinski definition) is 1. The predicted molar refractivity (Wildman–Crippen MR) is 56.0 cm³/mol. The summed E-state index contributed by atoms with van der Waals surface area (Å²) in [6, 6.07) is 2.18. The number of nitrogen functional groups attached to an aromatic ring is 1. The summed E-state index contributed by atoms with van der Waals surface area (Å²) in [7, 11) is 0. The van der Waals surface area contributed by atoms with Crippen molar-refractivity contribution in [1.82, 2.24) is 4.98 Å². The first kappa shape index (κ1) is 14.6. The van der Waals surface area contributed by atoms with E-state index in [2.05, 4.69) is 14.5 Å². The molecule has 0 spiro atoms. The molecule has 0 aliphatic rings. The second-order valence-corrected chi connectivity index (χ2v) is 3.15. The Labute approximate surface area is 105 Å². The molecule has 0 saturated heterocycles. The van der Waals surface area contributed by atoms with Crippen molar-refractivity contribution in [1.29, 1.82) is 5.26 Å². The van der Waals surface area contributed by atoms with E-state index >= 15 is 0 Å². The summed E-state index contributed by atoms with van der Waals surface area (Å²) in [6.07, 6.45) is -5.01. The molecular formula is C10H8F3N3O3. The van der Waals surface area contributed by atoms with E-state index in [1.807, 2.05) is 0 Å². The monoisotopic (exact) mass is 275 g/mol. The Bertz CT molecular complexity index is 537. The summed E-state index contributed by atoms with van der Waals surface area (Å²) in [5.41, 5.74) is 3.66. The Morgan fingerprint density at radius 3 is 2.68 bits per heavy atom. The Kier molecular flexibility index (Phi) is 4.16. The number of esters is 1. The van der Waals surface area contributed by atoms with Gasteiger partial charge in [0.15, 0.2) is 11.4 Å². The van der Waals surface area contributed by atoms with Crippen LogP contribution in [0.15, 0.2) is 6.07 Å². The van der Waals surface area contributed by atoms with Gasteiger partial charge in [-0.3, -0.25) is 0 Å². The highest BCUT2D eigenvalue weighted by molar-refractivity contribution is 5.94. The zero-order valence-corrected chi connectivity index (χ0v) is 9.61. The van der Waals surface area contributed by atoms with Gasteiger partial charge in [-0.2, -0.15) is 5.26 Å². The van der Waals surface area contributed by atoms with Gasteiger partial charge in [0.05, 0.1) is 6.61 Å². The van der Waals surface area contributed by atoms with Crippen molar-refractivity contribution in [2.45, 2.75) is 13.3 Å². The SMILES string of the molecule is CCOC(=O)c1nc(C#N)cc(OC(F)(F)F)c1N. The fraction of sp³-hybridized carbons (Fsp3) is 0.300. The van der Waals surface area contributed by atoms with Crippen LogP contribution in [-0.2, 0) is 4.74 Å². The van der Waals surface area contributed by atoms with Crippen LogP contribution in [0.5, 0.6) is 5.75 Å². The van der Waals surface area contributed by atoms with Crippen LogP contribution in [0.2, 0.25) is 0 Å². The second kappa shape index (κ2) is 5.43. The Morgan fingerprint density at radius 2 is 2.21 bits per heavy atom. The minimum Gasteiger partial charge on any atom is -0.461 e. The van der Waals surface area contributed by atoms with Gasteiger partial charge in [-0.25, -0.2) is 9.78 Å². The lowest BCUT2D eigenvalue weighted by Gasteiger charge is -2.13. The quantitative estimate of drug-likeness (QED) is 0.841. The average molecular weight is 275 g/mol. The molecule has 0 radical (unpaired) electrons. The molecule has 0 aliphatic carbocycles. The van der Waals surface area contributed by atoms with Crippen LogP contribution in [0, 0.1) is 11.3 Å². The van der Waals surface area contributed by atoms with E-state index in [4.69, 9.17) is 11.0 Å². The van der Waals surface area contributed by atoms with Gasteiger partial charge in [0.25, 0.3) is 0 Å². The van der Waals surface area contributed by atoms with Crippen molar-refractivity contribution in [2.75, 3.05) is 12.3 Å². The minimum absolute atomic E-state index is 0.0216. The van der Waals surface area contributed by atoms with Crippen LogP contribution < -0.4 is 10.5 Å². The Balaban J connectivity index is 3.29. The zero-order chi connectivity index (χ0) is 14.6. The molecule has 0 aliphatic heterocycles. The van der Waals surface area contributed by atoms with Crippen molar-refractivity contribution in [2.24, 2.45) is 0 Å². The van der Waals surface area contributed by atoms with E-state index in [1.165, 1.54) is 13.0 Å². The van der Waals surface area contributed by atoms with Crippen molar-refractivity contribution in [3.63, 3.8) is 0 Å². The molecule has 9 heteroatoms. The third kappa shape index (κ3) is 3.74. The fourth-order valence-electron chi connectivity index (χ4n) is 1.15. The summed E-state index contributed by atoms with van der Waals surface area (Å²) in [6.45, 7) is 1.47. The van der Waals surface area contributed by atoms with E-state index in [1.54, 1.807) is 0 Å². The molecule has 0 atom stereocenters. The molecule has 102 valence electrons. The van der Waals surface area contributed by atoms with Crippen LogP contribution in [0.25, 0.3) is 0 Å². The van der Waals surface area contributed by atoms with Gasteiger partial charge in [-0.05, 0) is 6.92 Å². The van der Waals surface area contributed by atoms with Gasteiger partial charge < -0.3 is 15.2 Å². The third-order valence-corrected chi connectivity index (χ3v) is 1.83. The number of hydrogen-bond acceptors (Lipinski definition) is 6. The standard InChI is InChI=1S/C10H8F3N3O3/c1-2-18-9(17)8-7(15)6(19-10(11,12)13)3-5(4-14)16-8/h3H,2,15H2,1H3. The molecule has 0 fully saturated rings. The molecule has 1 aromatic rings. The first-order valence-corrected chi connectivity index (χ1v) is 4.92. The van der Waals surface area contributed by atoms with Crippen molar-refractivity contribution < 1.29 is 27.4 Å². The van der Waals surface area contributed by atoms with E-state index in [9.17, 15) is 18.0 Å². The number of nitrogens with two attached hydrogens (primary N) is 1. The lowest BCUT2D eigenvalue weighted by molar-refractivity contribution is -0.274. The number of rotatable bonds is 3. The number of nitrogens with zero attached hydrogens (tertiary/aromatic N) is 2. The fourth-order valence-corrected chi connectivity index (χ4v) is 1.15. The lowest BCUT2D eigenvalue weighted by Crippen LogP contribution is -2.20. The molecule has 1 rings (SSSR count). The van der Waals surface area contributed by atoms with Crippen molar-refractivity contribution in [3.05, 3.63) is 17.5 Å². The Morgan fingerprint density at radius 1 is 1.58 bits per heavy atom. The number of carbonyl (C=O) groups excluding carboxylic acids is 1. The van der Waals surface area contributed by atoms with E-state index < -0.39 is 35.2 Å². The molecule has 6 nitrogen and oxygen atoms in total. The van der Waals surface area contributed by atoms with Gasteiger partial charge in [0, 0.05) is 6.07 Å². The van der Waals surface area contributed by atoms with Crippen LogP contribution in [-0.4, -0.2) is 23.9 Å². The molecule has 0 aromatic carbocycles. The highest BCUT2D eigenvalue weighted by Gasteiger charge is 2.33. The van der Waals surface area contributed by atoms with Crippen LogP contribution >= 0.6 is 0 Å². The molecular weight excluding hydrogens is 267 g/mol. The number of aromatic nitrogens is 1. The summed E-state index contributed by atoms with van der Waals surface area (Å²) in [5, 5.41) is 8.65. The van der Waals surface area contributed by atoms with E-state index in [-0.39, 0.29) is 6.61 Å². The van der Waals surface area contributed by atoms with Gasteiger partial charge in [0.2, 0.25) is 0 Å². The normalized spacial score (nSPS) is 10.7. The zero-order valence-electron chi connectivity index (χ0n) is 9.61. The second-order valence-electron chi connectivity index (χ2n) is 3.15. The molecule has 0 amide bonds. The molecule has 0 saturated carbocycles. The summed E-state index contributed by atoms with van der Waals surface area (Å²) < 4.78 is 44.6. The molecule has 0 bridgehead atoms. The maximum Gasteiger partial charge on any atom is 0.573 e. The predicted octanol–water partition coefficient (Wildman–Crippen LogP) is 1.61. The van der Waals surface area contributed by atoms with E-state index in [0.29, 0.717) is 6.07 Å². The average Bonchev–Trinajstić information content (AvgIpc) is 2.30. The first-order valence-electron chi connectivity index (χ1n) is 4.92. The van der Waals surface area contributed by atoms with Crippen molar-refractivity contribution >= 4 is 11.7 Å². The number of ether oxygens (including phenoxy) is 2. The van der Waals surface area contributed by atoms with Gasteiger partial charge in [-0.15, -0.1) is 13.2 Å². The third-order valence-electron chi connectivity index (χ3n) is 1.83. The number of pyridine rings is 1. The van der Waals surface area contributed by atoms with Gasteiger partial charge in [-0.1, -0.05) is 0 Å². The molecule has 0 unspecified atom stereocenters. The van der Waals surface area contributed by atoms with Crippen LogP contribution in [0.1, 0.15) is 23.1 Å². The van der Waals surface area contributed by atoms with E-state index in [0.717, 1.165) is 0 Å². The summed E-state index contributed by atoms with van der Waals surface area (Å²) in [5.74, 6) is -1.91. The highest BCUT2D eigenvalue weighted by Crippen LogP contribution is 2.31. The maximum absolute atomic E-state index is 12.1. The molecule has 1 heterocycles. The van der Waals surface area contributed by atoms with Crippen LogP contribution in [0.4, 0.5) is 18.9 Å². The number of halogens is 3. The number of alkyl halides is 3. The molecule has 1 aromatic heterocycles. The lowest BCUT2D eigenvalue weighted by atomic mass is 10.2. The topological polar surface area (TPSA) is 98.2 Å². The first-order chi connectivity index (χ1) is 8.78. The van der Waals surface area contributed by atoms with Gasteiger partial charge in [0.1, 0.15) is 17.5 Å². The number of anilines is 1. The van der Waals surface area contributed by atoms with Crippen molar-refractivity contribution in [3.8, 4) is 11.8 Å². The highest BCUT2D eigenvalue weighted by atomic mass is 19.4. The Hall–Kier alpha value is -2.50. The number of nitriles is 1. The number of carbonyl (C=O) groups is 1. The maximum atomic E-state index is 12.1. The minimum atomic E-state index is -5.01. The van der Waals surface area contributed by atoms with Crippen LogP contribution in [0.3, 0.4) is 0 Å². The summed E-state index contributed by atoms with van der Waals surface area (Å²) >= 11 is 0.